The van der Waals surface area contributed by atoms with Gasteiger partial charge in [-0.05, 0) is 0 Å². The third-order valence-corrected chi connectivity index (χ3v) is 0.445. The molecule has 0 saturated heterocycles. The Morgan fingerprint density at radius 3 is 2.50 bits per heavy atom. The number of aliphatic imine (C=N–C) groups is 1. The van der Waals surface area contributed by atoms with Gasteiger partial charge in [-0.15, -0.1) is 0 Å². The molecule has 5 nitrogen and oxygen atoms in total. The zero-order valence-corrected chi connectivity index (χ0v) is 3.87. The van der Waals surface area contributed by atoms with Gasteiger partial charge in [-0.3, -0.25) is 5.73 Å². The normalized spacial score (nSPS) is 11.6. The van der Waals surface area contributed by atoms with E-state index in [4.69, 9.17) is 10.8 Å². The van der Waals surface area contributed by atoms with Crippen LogP contribution in [-0.2, 0) is 9.59 Å². The highest BCUT2D eigenvalue weighted by Crippen LogP contribution is 1.74. The summed E-state index contributed by atoms with van der Waals surface area (Å²) in [6.45, 7) is 0. The quantitative estimate of drug-likeness (QED) is 0.346. The molecule has 8 heavy (non-hydrogen) atoms. The van der Waals surface area contributed by atoms with Crippen molar-refractivity contribution in [2.75, 3.05) is 0 Å². The molecule has 5 heteroatoms. The minimum absolute atomic E-state index is 1.02. The van der Waals surface area contributed by atoms with E-state index in [-0.39, 0.29) is 0 Å². The first-order chi connectivity index (χ1) is 3.68. The van der Waals surface area contributed by atoms with Crippen LogP contribution < -0.4 is 5.73 Å². The third kappa shape index (κ3) is 2.07. The van der Waals surface area contributed by atoms with E-state index in [1.54, 1.807) is 0 Å². The monoisotopic (exact) mass is 116 g/mol. The summed E-state index contributed by atoms with van der Waals surface area (Å²) in [4.78, 5) is 21.7. The van der Waals surface area contributed by atoms with Crippen molar-refractivity contribution in [1.82, 2.24) is 0 Å². The van der Waals surface area contributed by atoms with Crippen molar-refractivity contribution in [2.45, 2.75) is 6.17 Å². The van der Waals surface area contributed by atoms with Crippen LogP contribution in [0.2, 0.25) is 0 Å². The summed E-state index contributed by atoms with van der Waals surface area (Å²) in [5.41, 5.74) is 4.70. The molecule has 0 aliphatic rings. The first-order valence-corrected chi connectivity index (χ1v) is 1.74. The molecule has 0 amide bonds. The van der Waals surface area contributed by atoms with E-state index >= 15 is 0 Å². The van der Waals surface area contributed by atoms with Crippen LogP contribution in [0.15, 0.2) is 4.99 Å². The molecule has 0 aromatic carbocycles. The molecule has 0 aliphatic carbocycles. The maximum atomic E-state index is 9.69. The van der Waals surface area contributed by atoms with E-state index in [0.29, 0.717) is 0 Å². The number of carboxylic acids is 1. The minimum atomic E-state index is -1.47. The molecule has 0 aromatic heterocycles. The van der Waals surface area contributed by atoms with Crippen LogP contribution in [0.4, 0.5) is 0 Å². The lowest BCUT2D eigenvalue weighted by Gasteiger charge is -1.90. The number of nitrogens with zero attached hydrogens (tertiary/aromatic N) is 1. The van der Waals surface area contributed by atoms with E-state index in [9.17, 15) is 9.59 Å². The number of hydrogen-bond acceptors (Lipinski definition) is 4. The van der Waals surface area contributed by atoms with Crippen LogP contribution in [0.25, 0.3) is 0 Å². The van der Waals surface area contributed by atoms with Crippen molar-refractivity contribution >= 4 is 12.0 Å². The van der Waals surface area contributed by atoms with Crippen LogP contribution in [0.3, 0.4) is 0 Å². The van der Waals surface area contributed by atoms with Crippen molar-refractivity contribution in [2.24, 2.45) is 10.7 Å². The summed E-state index contributed by atoms with van der Waals surface area (Å²) in [6, 6.07) is 0. The van der Waals surface area contributed by atoms with Crippen LogP contribution in [0.5, 0.6) is 0 Å². The summed E-state index contributed by atoms with van der Waals surface area (Å²) in [6.07, 6.45) is -0.447. The summed E-state index contributed by atoms with van der Waals surface area (Å²) in [7, 11) is 0. The first-order valence-electron chi connectivity index (χ1n) is 1.74. The Balaban J connectivity index is 3.82. The zero-order chi connectivity index (χ0) is 6.57. The molecular weight excluding hydrogens is 112 g/mol. The highest BCUT2D eigenvalue weighted by atomic mass is 16.4. The Bertz CT molecular complexity index is 135. The second kappa shape index (κ2) is 2.90. The molecule has 0 radical (unpaired) electrons. The lowest BCUT2D eigenvalue weighted by atomic mass is 10.6. The van der Waals surface area contributed by atoms with E-state index < -0.39 is 12.1 Å². The number of carbonyl (C=O) groups excluding carboxylic acids is 1. The number of isocyanates is 1. The molecule has 44 valence electrons. The van der Waals surface area contributed by atoms with Crippen molar-refractivity contribution in [3.05, 3.63) is 0 Å². The lowest BCUT2D eigenvalue weighted by molar-refractivity contribution is -0.138. The van der Waals surface area contributed by atoms with E-state index in [1.807, 2.05) is 0 Å². The van der Waals surface area contributed by atoms with Gasteiger partial charge in [0.1, 0.15) is 0 Å². The molecule has 0 spiro atoms. The van der Waals surface area contributed by atoms with Gasteiger partial charge in [0.2, 0.25) is 12.2 Å². The average molecular weight is 116 g/mol. The van der Waals surface area contributed by atoms with Gasteiger partial charge in [-0.2, -0.15) is 4.99 Å². The molecule has 1 unspecified atom stereocenters. The summed E-state index contributed by atoms with van der Waals surface area (Å²) in [5.74, 6) is -1.34. The molecule has 0 fully saturated rings. The number of aliphatic carboxylic acids is 1. The van der Waals surface area contributed by atoms with E-state index in [1.165, 1.54) is 0 Å². The highest BCUT2D eigenvalue weighted by molar-refractivity contribution is 5.73. The first kappa shape index (κ1) is 6.81. The number of carbonyl (C=O) groups is 1. The number of hydrogen-bond donors (Lipinski definition) is 2. The third-order valence-electron chi connectivity index (χ3n) is 0.445. The van der Waals surface area contributed by atoms with Crippen LogP contribution >= 0.6 is 0 Å². The van der Waals surface area contributed by atoms with Gasteiger partial charge in [0.05, 0.1) is 0 Å². The van der Waals surface area contributed by atoms with Gasteiger partial charge in [0.15, 0.2) is 0 Å². The molecule has 0 aliphatic heterocycles. The molecular formula is C3H4N2O3. The van der Waals surface area contributed by atoms with Crippen molar-refractivity contribution in [3.8, 4) is 0 Å². The Hall–Kier alpha value is -1.19. The van der Waals surface area contributed by atoms with Crippen molar-refractivity contribution < 1.29 is 14.7 Å². The molecule has 0 aromatic rings. The maximum Gasteiger partial charge on any atom is 0.344 e. The lowest BCUT2D eigenvalue weighted by Crippen LogP contribution is -2.27. The predicted molar refractivity (Wildman–Crippen MR) is 23.7 cm³/mol. The Labute approximate surface area is 44.8 Å². The second-order valence-electron chi connectivity index (χ2n) is 1.00. The van der Waals surface area contributed by atoms with E-state index in [0.717, 1.165) is 6.08 Å². The van der Waals surface area contributed by atoms with Crippen molar-refractivity contribution in [3.63, 3.8) is 0 Å². The smallest absolute Gasteiger partial charge is 0.344 e. The van der Waals surface area contributed by atoms with Gasteiger partial charge in [-0.25, -0.2) is 9.59 Å². The molecule has 0 bridgehead atoms. The summed E-state index contributed by atoms with van der Waals surface area (Å²) in [5, 5.41) is 7.92. The van der Waals surface area contributed by atoms with E-state index in [2.05, 4.69) is 4.99 Å². The Morgan fingerprint density at radius 1 is 1.88 bits per heavy atom. The highest BCUT2D eigenvalue weighted by Gasteiger charge is 2.06. The van der Waals surface area contributed by atoms with Gasteiger partial charge < -0.3 is 5.11 Å². The number of nitrogens with two attached hydrogens (primary N) is 1. The van der Waals surface area contributed by atoms with Crippen LogP contribution in [0.1, 0.15) is 0 Å². The van der Waals surface area contributed by atoms with Gasteiger partial charge in [0, 0.05) is 0 Å². The molecule has 0 rings (SSSR count). The Morgan fingerprint density at radius 2 is 2.38 bits per heavy atom. The minimum Gasteiger partial charge on any atom is -0.479 e. The fourth-order valence-electron chi connectivity index (χ4n) is 0.112. The second-order valence-corrected chi connectivity index (χ2v) is 1.00. The average Bonchev–Trinajstić information content (AvgIpc) is 1.67. The van der Waals surface area contributed by atoms with Gasteiger partial charge >= 0.3 is 5.97 Å². The zero-order valence-electron chi connectivity index (χ0n) is 3.87. The topological polar surface area (TPSA) is 92.8 Å². The standard InChI is InChI=1S/C3H4N2O3/c4-2(3(7)8)5-1-6/h2H,4H2,(H,7,8). The fourth-order valence-corrected chi connectivity index (χ4v) is 0.112. The molecule has 0 saturated carbocycles. The number of carboxylic acid groups (broad SMARTS) is 1. The van der Waals surface area contributed by atoms with Crippen molar-refractivity contribution in [1.29, 1.82) is 0 Å². The summed E-state index contributed by atoms with van der Waals surface area (Å²) >= 11 is 0. The molecule has 1 atom stereocenters. The largest absolute Gasteiger partial charge is 0.479 e. The van der Waals surface area contributed by atoms with Crippen LogP contribution in [-0.4, -0.2) is 23.3 Å². The fraction of sp³-hybridized carbons (Fsp3) is 0.333. The Kier molecular flexibility index (Phi) is 2.47. The molecule has 3 N–H and O–H groups in total. The maximum absolute atomic E-state index is 9.69. The summed E-state index contributed by atoms with van der Waals surface area (Å²) < 4.78 is 0. The van der Waals surface area contributed by atoms with Crippen LogP contribution in [0, 0.1) is 0 Å². The molecule has 0 heterocycles. The van der Waals surface area contributed by atoms with Gasteiger partial charge in [-0.1, -0.05) is 0 Å². The predicted octanol–water partition coefficient (Wildman–Crippen LogP) is -1.31. The SMILES string of the molecule is NC(N=C=O)C(=O)O. The van der Waals surface area contributed by atoms with Gasteiger partial charge in [0.25, 0.3) is 0 Å². The number of rotatable bonds is 2.